The van der Waals surface area contributed by atoms with E-state index in [-0.39, 0.29) is 18.3 Å². The third-order valence-corrected chi connectivity index (χ3v) is 6.34. The molecule has 1 heterocycles. The minimum Gasteiger partial charge on any atom is -0.496 e. The van der Waals surface area contributed by atoms with Crippen LogP contribution in [-0.4, -0.2) is 42.8 Å². The van der Waals surface area contributed by atoms with E-state index < -0.39 is 0 Å². The maximum absolute atomic E-state index is 13.2. The Bertz CT molecular complexity index is 1360. The standard InChI is InChI=1S/C30H31FN2O5S/c1-4-36-27-13-6-20(18-28(27)37-5-2)14-15-33-29(34)25(32-30(33)39)17-21-7-12-26(35-3)22(16-21)19-38-24-10-8-23(31)9-11-24/h6-13,16-18H,4-5,14-15,19H2,1-3H3,(H,32,39)/b25-17+. The second-order valence-electron chi connectivity index (χ2n) is 8.66. The molecule has 0 aliphatic carbocycles. The summed E-state index contributed by atoms with van der Waals surface area (Å²) in [5, 5.41) is 3.39. The molecule has 0 unspecified atom stereocenters. The molecule has 7 nitrogen and oxygen atoms in total. The van der Waals surface area contributed by atoms with Crippen LogP contribution in [-0.2, 0) is 17.8 Å². The van der Waals surface area contributed by atoms with Crippen LogP contribution < -0.4 is 24.3 Å². The first-order chi connectivity index (χ1) is 18.9. The van der Waals surface area contributed by atoms with Crippen molar-refractivity contribution in [1.82, 2.24) is 10.2 Å². The van der Waals surface area contributed by atoms with Gasteiger partial charge in [0.2, 0.25) is 0 Å². The molecular formula is C30H31FN2O5S. The molecule has 3 aromatic rings. The lowest BCUT2D eigenvalue weighted by Gasteiger charge is -2.16. The molecule has 1 amide bonds. The molecule has 39 heavy (non-hydrogen) atoms. The van der Waals surface area contributed by atoms with E-state index in [2.05, 4.69) is 5.32 Å². The average Bonchev–Trinajstić information content (AvgIpc) is 3.20. The smallest absolute Gasteiger partial charge is 0.276 e. The fourth-order valence-corrected chi connectivity index (χ4v) is 4.41. The van der Waals surface area contributed by atoms with Crippen molar-refractivity contribution in [2.75, 3.05) is 26.9 Å². The summed E-state index contributed by atoms with van der Waals surface area (Å²) in [6.45, 7) is 5.56. The van der Waals surface area contributed by atoms with Gasteiger partial charge in [0.15, 0.2) is 16.6 Å². The van der Waals surface area contributed by atoms with E-state index in [1.165, 1.54) is 12.1 Å². The predicted octanol–water partition coefficient (Wildman–Crippen LogP) is 5.51. The number of carbonyl (C=O) groups excluding carboxylic acids is 1. The van der Waals surface area contributed by atoms with Gasteiger partial charge in [0.1, 0.15) is 29.6 Å². The first-order valence-corrected chi connectivity index (χ1v) is 13.1. The normalized spacial score (nSPS) is 13.9. The van der Waals surface area contributed by atoms with Gasteiger partial charge in [-0.2, -0.15) is 0 Å². The SMILES string of the molecule is CCOc1ccc(CCN2C(=O)/C(=C\c3ccc(OC)c(COc4ccc(F)cc4)c3)NC2=S)cc1OCC. The molecule has 1 aliphatic rings. The molecule has 204 valence electrons. The van der Waals surface area contributed by atoms with Crippen LogP contribution in [0, 0.1) is 5.82 Å². The number of amides is 1. The molecular weight excluding hydrogens is 519 g/mol. The van der Waals surface area contributed by atoms with Crippen LogP contribution in [0.2, 0.25) is 0 Å². The van der Waals surface area contributed by atoms with Crippen molar-refractivity contribution in [1.29, 1.82) is 0 Å². The predicted molar refractivity (Wildman–Crippen MR) is 152 cm³/mol. The van der Waals surface area contributed by atoms with Gasteiger partial charge in [-0.15, -0.1) is 0 Å². The van der Waals surface area contributed by atoms with Crippen LogP contribution >= 0.6 is 12.2 Å². The van der Waals surface area contributed by atoms with E-state index >= 15 is 0 Å². The van der Waals surface area contributed by atoms with Crippen molar-refractivity contribution in [2.24, 2.45) is 0 Å². The van der Waals surface area contributed by atoms with Gasteiger partial charge in [-0.1, -0.05) is 12.1 Å². The second kappa shape index (κ2) is 13.1. The molecule has 1 N–H and O–H groups in total. The minimum atomic E-state index is -0.330. The number of rotatable bonds is 12. The maximum atomic E-state index is 13.2. The fourth-order valence-electron chi connectivity index (χ4n) is 4.13. The van der Waals surface area contributed by atoms with Crippen molar-refractivity contribution in [3.05, 3.63) is 88.9 Å². The molecule has 0 saturated carbocycles. The van der Waals surface area contributed by atoms with E-state index in [4.69, 9.17) is 31.2 Å². The zero-order chi connectivity index (χ0) is 27.8. The summed E-state index contributed by atoms with van der Waals surface area (Å²) in [6.07, 6.45) is 2.35. The minimum absolute atomic E-state index is 0.198. The summed E-state index contributed by atoms with van der Waals surface area (Å²) in [7, 11) is 1.58. The van der Waals surface area contributed by atoms with Gasteiger partial charge < -0.3 is 24.3 Å². The lowest BCUT2D eigenvalue weighted by molar-refractivity contribution is -0.122. The topological polar surface area (TPSA) is 69.3 Å². The largest absolute Gasteiger partial charge is 0.496 e. The Balaban J connectivity index is 1.44. The number of nitrogens with zero attached hydrogens (tertiary/aromatic N) is 1. The number of methoxy groups -OCH3 is 1. The number of halogens is 1. The molecule has 0 bridgehead atoms. The molecule has 0 aromatic heterocycles. The lowest BCUT2D eigenvalue weighted by Crippen LogP contribution is -2.32. The van der Waals surface area contributed by atoms with Crippen LogP contribution in [0.15, 0.2) is 66.4 Å². The van der Waals surface area contributed by atoms with Crippen LogP contribution in [0.5, 0.6) is 23.0 Å². The Morgan fingerprint density at radius 3 is 2.36 bits per heavy atom. The van der Waals surface area contributed by atoms with Gasteiger partial charge in [-0.25, -0.2) is 4.39 Å². The molecule has 9 heteroatoms. The highest BCUT2D eigenvalue weighted by molar-refractivity contribution is 7.80. The van der Waals surface area contributed by atoms with Crippen molar-refractivity contribution in [3.8, 4) is 23.0 Å². The Labute approximate surface area is 233 Å². The number of hydrogen-bond donors (Lipinski definition) is 1. The van der Waals surface area contributed by atoms with E-state index in [9.17, 15) is 9.18 Å². The van der Waals surface area contributed by atoms with E-state index in [1.54, 1.807) is 30.2 Å². The van der Waals surface area contributed by atoms with Crippen LogP contribution in [0.25, 0.3) is 6.08 Å². The first kappa shape index (κ1) is 27.9. The quantitative estimate of drug-likeness (QED) is 0.236. The molecule has 1 saturated heterocycles. The van der Waals surface area contributed by atoms with Crippen LogP contribution in [0.4, 0.5) is 4.39 Å². The zero-order valence-electron chi connectivity index (χ0n) is 22.2. The van der Waals surface area contributed by atoms with Gasteiger partial charge in [-0.3, -0.25) is 9.69 Å². The summed E-state index contributed by atoms with van der Waals surface area (Å²) in [4.78, 5) is 14.7. The summed E-state index contributed by atoms with van der Waals surface area (Å²) in [5.74, 6) is 2.04. The average molecular weight is 551 g/mol. The second-order valence-corrected chi connectivity index (χ2v) is 9.04. The number of ether oxygens (including phenoxy) is 4. The third-order valence-electron chi connectivity index (χ3n) is 6.02. The van der Waals surface area contributed by atoms with Gasteiger partial charge in [0, 0.05) is 12.1 Å². The number of carbonyl (C=O) groups is 1. The molecule has 4 rings (SSSR count). The van der Waals surface area contributed by atoms with E-state index in [0.717, 1.165) is 16.7 Å². The van der Waals surface area contributed by atoms with Gasteiger partial charge in [-0.05, 0) is 98.2 Å². The highest BCUT2D eigenvalue weighted by Gasteiger charge is 2.30. The molecule has 1 fully saturated rings. The van der Waals surface area contributed by atoms with E-state index in [1.807, 2.05) is 50.2 Å². The highest BCUT2D eigenvalue weighted by atomic mass is 32.1. The van der Waals surface area contributed by atoms with Crippen molar-refractivity contribution in [2.45, 2.75) is 26.9 Å². The Morgan fingerprint density at radius 1 is 0.923 bits per heavy atom. The van der Waals surface area contributed by atoms with Gasteiger partial charge in [0.05, 0.1) is 20.3 Å². The molecule has 1 aliphatic heterocycles. The highest BCUT2D eigenvalue weighted by Crippen LogP contribution is 2.29. The lowest BCUT2D eigenvalue weighted by atomic mass is 10.1. The fraction of sp³-hybridized carbons (Fsp3) is 0.267. The van der Waals surface area contributed by atoms with Gasteiger partial charge in [0.25, 0.3) is 5.91 Å². The van der Waals surface area contributed by atoms with Gasteiger partial charge >= 0.3 is 0 Å². The Morgan fingerprint density at radius 2 is 1.64 bits per heavy atom. The molecule has 0 atom stereocenters. The summed E-state index contributed by atoms with van der Waals surface area (Å²) in [5.41, 5.74) is 2.96. The van der Waals surface area contributed by atoms with Crippen LogP contribution in [0.1, 0.15) is 30.5 Å². The van der Waals surface area contributed by atoms with E-state index in [0.29, 0.717) is 60.0 Å². The molecule has 0 radical (unpaired) electrons. The summed E-state index contributed by atoms with van der Waals surface area (Å²) >= 11 is 5.46. The third kappa shape index (κ3) is 7.06. The Hall–Kier alpha value is -4.11. The summed E-state index contributed by atoms with van der Waals surface area (Å²) in [6, 6.07) is 17.1. The monoisotopic (exact) mass is 550 g/mol. The number of hydrogen-bond acceptors (Lipinski definition) is 6. The number of nitrogens with one attached hydrogen (secondary N) is 1. The zero-order valence-corrected chi connectivity index (χ0v) is 23.0. The Kier molecular flexibility index (Phi) is 9.38. The first-order valence-electron chi connectivity index (χ1n) is 12.7. The van der Waals surface area contributed by atoms with Crippen LogP contribution in [0.3, 0.4) is 0 Å². The molecule has 0 spiro atoms. The number of thiocarbonyl (C=S) groups is 1. The molecule has 3 aromatic carbocycles. The van der Waals surface area contributed by atoms with Crippen molar-refractivity contribution >= 4 is 29.3 Å². The van der Waals surface area contributed by atoms with Crippen molar-refractivity contribution < 1.29 is 28.1 Å². The van der Waals surface area contributed by atoms with Crippen molar-refractivity contribution in [3.63, 3.8) is 0 Å². The number of benzene rings is 3. The summed E-state index contributed by atoms with van der Waals surface area (Å²) < 4.78 is 35.8. The maximum Gasteiger partial charge on any atom is 0.276 e.